The van der Waals surface area contributed by atoms with Crippen molar-refractivity contribution < 1.29 is 9.84 Å². The first kappa shape index (κ1) is 12.6. The minimum atomic E-state index is -0.219. The third-order valence-electron chi connectivity index (χ3n) is 2.29. The molecule has 0 aliphatic heterocycles. The second-order valence-corrected chi connectivity index (χ2v) is 4.28. The molecule has 16 heavy (non-hydrogen) atoms. The zero-order valence-electron chi connectivity index (χ0n) is 9.95. The minimum Gasteiger partial charge on any atom is -0.479 e. The number of nitrogens with two attached hydrogens (primary N) is 1. The summed E-state index contributed by atoms with van der Waals surface area (Å²) in [4.78, 5) is 4.22. The number of nitrogens with one attached hydrogen (secondary N) is 1. The number of aromatic nitrogens is 1. The van der Waals surface area contributed by atoms with E-state index in [1.54, 1.807) is 12.1 Å². The first-order valence-electron chi connectivity index (χ1n) is 5.18. The maximum absolute atomic E-state index is 8.92. The highest BCUT2D eigenvalue weighted by atomic mass is 16.5. The number of pyridine rings is 1. The first-order valence-corrected chi connectivity index (χ1v) is 5.18. The van der Waals surface area contributed by atoms with Crippen LogP contribution in [-0.2, 0) is 0 Å². The number of aliphatic hydroxyl groups excluding tert-OH is 1. The highest BCUT2D eigenvalue weighted by Crippen LogP contribution is 2.23. The lowest BCUT2D eigenvalue weighted by Gasteiger charge is -2.26. The van der Waals surface area contributed by atoms with Crippen LogP contribution in [0.1, 0.15) is 20.3 Å². The summed E-state index contributed by atoms with van der Waals surface area (Å²) in [6, 6.07) is 3.53. The van der Waals surface area contributed by atoms with Crippen LogP contribution in [0.2, 0.25) is 0 Å². The third-order valence-corrected chi connectivity index (χ3v) is 2.29. The summed E-state index contributed by atoms with van der Waals surface area (Å²) in [6.45, 7) is 4.12. The molecular formula is C11H19N3O2. The van der Waals surface area contributed by atoms with Crippen molar-refractivity contribution in [3.63, 3.8) is 0 Å². The van der Waals surface area contributed by atoms with Gasteiger partial charge in [-0.1, -0.05) is 0 Å². The molecule has 0 saturated carbocycles. The van der Waals surface area contributed by atoms with E-state index in [0.29, 0.717) is 23.8 Å². The van der Waals surface area contributed by atoms with Gasteiger partial charge in [0, 0.05) is 12.1 Å². The van der Waals surface area contributed by atoms with E-state index in [-0.39, 0.29) is 12.1 Å². The van der Waals surface area contributed by atoms with E-state index in [9.17, 15) is 0 Å². The van der Waals surface area contributed by atoms with Crippen molar-refractivity contribution in [1.29, 1.82) is 0 Å². The Morgan fingerprint density at radius 3 is 2.75 bits per heavy atom. The van der Waals surface area contributed by atoms with E-state index in [0.717, 1.165) is 0 Å². The molecule has 0 atom stereocenters. The summed E-state index contributed by atoms with van der Waals surface area (Å²) in [5.41, 5.74) is 5.96. The lowest BCUT2D eigenvalue weighted by Crippen LogP contribution is -2.32. The average molecular weight is 225 g/mol. The Balaban J connectivity index is 2.81. The van der Waals surface area contributed by atoms with Crippen molar-refractivity contribution in [3.05, 3.63) is 12.1 Å². The van der Waals surface area contributed by atoms with Gasteiger partial charge < -0.3 is 20.9 Å². The largest absolute Gasteiger partial charge is 0.479 e. The molecule has 1 aromatic rings. The van der Waals surface area contributed by atoms with Crippen molar-refractivity contribution in [3.8, 4) is 5.88 Å². The molecule has 0 aliphatic rings. The zero-order chi connectivity index (χ0) is 12.2. The summed E-state index contributed by atoms with van der Waals surface area (Å²) < 4.78 is 5.03. The molecule has 0 saturated heterocycles. The highest BCUT2D eigenvalue weighted by Gasteiger charge is 2.17. The number of rotatable bonds is 5. The molecule has 5 heteroatoms. The Bertz CT molecular complexity index is 353. The quantitative estimate of drug-likeness (QED) is 0.702. The number of hydrogen-bond acceptors (Lipinski definition) is 5. The van der Waals surface area contributed by atoms with Gasteiger partial charge in [0.15, 0.2) is 0 Å². The summed E-state index contributed by atoms with van der Waals surface area (Å²) in [7, 11) is 1.53. The van der Waals surface area contributed by atoms with Gasteiger partial charge in [0.1, 0.15) is 5.82 Å². The number of nitrogens with zero attached hydrogens (tertiary/aromatic N) is 1. The SMILES string of the molecule is COc1nc(NC(C)(C)CCO)ccc1N. The van der Waals surface area contributed by atoms with Crippen LogP contribution in [0, 0.1) is 0 Å². The topological polar surface area (TPSA) is 80.4 Å². The van der Waals surface area contributed by atoms with Crippen molar-refractivity contribution in [2.45, 2.75) is 25.8 Å². The molecule has 0 amide bonds. The maximum atomic E-state index is 8.92. The highest BCUT2D eigenvalue weighted by molar-refractivity contribution is 5.54. The van der Waals surface area contributed by atoms with Gasteiger partial charge in [-0.3, -0.25) is 0 Å². The van der Waals surface area contributed by atoms with E-state index in [2.05, 4.69) is 10.3 Å². The second-order valence-electron chi connectivity index (χ2n) is 4.28. The molecule has 0 radical (unpaired) electrons. The van der Waals surface area contributed by atoms with Gasteiger partial charge in [0.2, 0.25) is 5.88 Å². The Morgan fingerprint density at radius 2 is 2.19 bits per heavy atom. The van der Waals surface area contributed by atoms with E-state index in [1.165, 1.54) is 7.11 Å². The average Bonchev–Trinajstić information content (AvgIpc) is 2.20. The number of hydrogen-bond donors (Lipinski definition) is 3. The normalized spacial score (nSPS) is 11.2. The number of ether oxygens (including phenoxy) is 1. The van der Waals surface area contributed by atoms with Gasteiger partial charge in [-0.25, -0.2) is 0 Å². The van der Waals surface area contributed by atoms with E-state index < -0.39 is 0 Å². The van der Waals surface area contributed by atoms with Crippen LogP contribution >= 0.6 is 0 Å². The van der Waals surface area contributed by atoms with Crippen molar-refractivity contribution >= 4 is 11.5 Å². The summed E-state index contributed by atoms with van der Waals surface area (Å²) in [5, 5.41) is 12.1. The molecule has 0 aliphatic carbocycles. The lowest BCUT2D eigenvalue weighted by molar-refractivity contribution is 0.260. The smallest absolute Gasteiger partial charge is 0.238 e. The molecule has 90 valence electrons. The Kier molecular flexibility index (Phi) is 3.95. The molecular weight excluding hydrogens is 206 g/mol. The van der Waals surface area contributed by atoms with Crippen molar-refractivity contribution in [2.75, 3.05) is 24.8 Å². The lowest BCUT2D eigenvalue weighted by atomic mass is 10.0. The van der Waals surface area contributed by atoms with Crippen LogP contribution in [0.25, 0.3) is 0 Å². The van der Waals surface area contributed by atoms with Gasteiger partial charge in [0.25, 0.3) is 0 Å². The third kappa shape index (κ3) is 3.27. The van der Waals surface area contributed by atoms with Crippen LogP contribution in [0.15, 0.2) is 12.1 Å². The van der Waals surface area contributed by atoms with Crippen LogP contribution in [0.5, 0.6) is 5.88 Å². The van der Waals surface area contributed by atoms with Crippen LogP contribution in [0.4, 0.5) is 11.5 Å². The molecule has 0 bridgehead atoms. The summed E-state index contributed by atoms with van der Waals surface area (Å²) in [6.07, 6.45) is 0.640. The fourth-order valence-corrected chi connectivity index (χ4v) is 1.37. The number of aliphatic hydroxyl groups is 1. The fraction of sp³-hybridized carbons (Fsp3) is 0.545. The molecule has 0 aromatic carbocycles. The number of anilines is 2. The molecule has 0 spiro atoms. The van der Waals surface area contributed by atoms with Gasteiger partial charge in [-0.05, 0) is 32.4 Å². The Hall–Kier alpha value is -1.49. The monoisotopic (exact) mass is 225 g/mol. The van der Waals surface area contributed by atoms with Gasteiger partial charge in [0.05, 0.1) is 12.8 Å². The van der Waals surface area contributed by atoms with Crippen molar-refractivity contribution in [2.24, 2.45) is 0 Å². The summed E-state index contributed by atoms with van der Waals surface area (Å²) in [5.74, 6) is 1.09. The van der Waals surface area contributed by atoms with Gasteiger partial charge in [-0.2, -0.15) is 4.98 Å². The minimum absolute atomic E-state index is 0.131. The molecule has 1 aromatic heterocycles. The number of methoxy groups -OCH3 is 1. The van der Waals surface area contributed by atoms with Crippen LogP contribution in [-0.4, -0.2) is 29.3 Å². The molecule has 1 heterocycles. The van der Waals surface area contributed by atoms with E-state index >= 15 is 0 Å². The van der Waals surface area contributed by atoms with Gasteiger partial charge in [-0.15, -0.1) is 0 Å². The molecule has 0 unspecified atom stereocenters. The standard InChI is InChI=1S/C11H19N3O2/c1-11(2,6-7-15)14-9-5-4-8(12)10(13-9)16-3/h4-5,15H,6-7,12H2,1-3H3,(H,13,14). The fourth-order valence-electron chi connectivity index (χ4n) is 1.37. The Labute approximate surface area is 95.6 Å². The Morgan fingerprint density at radius 1 is 1.50 bits per heavy atom. The van der Waals surface area contributed by atoms with E-state index in [4.69, 9.17) is 15.6 Å². The maximum Gasteiger partial charge on any atom is 0.238 e. The predicted molar refractivity (Wildman–Crippen MR) is 64.6 cm³/mol. The second kappa shape index (κ2) is 5.03. The van der Waals surface area contributed by atoms with E-state index in [1.807, 2.05) is 13.8 Å². The van der Waals surface area contributed by atoms with Gasteiger partial charge >= 0.3 is 0 Å². The molecule has 4 N–H and O–H groups in total. The zero-order valence-corrected chi connectivity index (χ0v) is 9.95. The number of nitrogen functional groups attached to an aromatic ring is 1. The molecule has 5 nitrogen and oxygen atoms in total. The summed E-state index contributed by atoms with van der Waals surface area (Å²) >= 11 is 0. The molecule has 1 rings (SSSR count). The molecule has 0 fully saturated rings. The predicted octanol–water partition coefficient (Wildman–Crippen LogP) is 1.25. The first-order chi connectivity index (χ1) is 7.48. The van der Waals surface area contributed by atoms with Crippen molar-refractivity contribution in [1.82, 2.24) is 4.98 Å². The van der Waals surface area contributed by atoms with Crippen LogP contribution < -0.4 is 15.8 Å². The van der Waals surface area contributed by atoms with Crippen LogP contribution in [0.3, 0.4) is 0 Å².